The molecule has 0 aromatic heterocycles. The number of rotatable bonds is 16. The number of hydrogen-bond acceptors (Lipinski definition) is 5. The van der Waals surface area contributed by atoms with E-state index >= 15 is 0 Å². The van der Waals surface area contributed by atoms with Gasteiger partial charge in [0.05, 0.1) is 33.0 Å². The molecule has 0 saturated carbocycles. The van der Waals surface area contributed by atoms with Crippen molar-refractivity contribution in [1.29, 1.82) is 0 Å². The molecule has 0 spiro atoms. The van der Waals surface area contributed by atoms with E-state index in [4.69, 9.17) is 19.9 Å². The summed E-state index contributed by atoms with van der Waals surface area (Å²) in [6, 6.07) is 0. The Labute approximate surface area is 124 Å². The summed E-state index contributed by atoms with van der Waals surface area (Å²) in [5.74, 6) is 0. The van der Waals surface area contributed by atoms with Gasteiger partial charge in [-0.1, -0.05) is 20.3 Å². The highest BCUT2D eigenvalue weighted by atomic mass is 16.5. The quantitative estimate of drug-likeness (QED) is 0.437. The van der Waals surface area contributed by atoms with Crippen LogP contribution in [0.5, 0.6) is 0 Å². The molecular formula is C15H34N2O3. The molecule has 0 aliphatic carbocycles. The SMILES string of the molecule is CCCCOCCOCCOCCN(CC)CCCN. The minimum atomic E-state index is 0.645. The Hall–Kier alpha value is -0.200. The minimum Gasteiger partial charge on any atom is -0.379 e. The van der Waals surface area contributed by atoms with E-state index in [0.717, 1.165) is 52.2 Å². The summed E-state index contributed by atoms with van der Waals surface area (Å²) in [6.07, 6.45) is 3.35. The number of nitrogens with zero attached hydrogens (tertiary/aromatic N) is 1. The molecule has 0 bridgehead atoms. The molecule has 0 fully saturated rings. The first-order valence-electron chi connectivity index (χ1n) is 8.00. The van der Waals surface area contributed by atoms with Crippen LogP contribution >= 0.6 is 0 Å². The average Bonchev–Trinajstić information content (AvgIpc) is 2.48. The topological polar surface area (TPSA) is 57.0 Å². The second-order valence-electron chi connectivity index (χ2n) is 4.77. The number of nitrogens with two attached hydrogens (primary N) is 1. The molecule has 0 amide bonds. The summed E-state index contributed by atoms with van der Waals surface area (Å²) in [5, 5.41) is 0. The van der Waals surface area contributed by atoms with Crippen LogP contribution in [0.3, 0.4) is 0 Å². The van der Waals surface area contributed by atoms with Gasteiger partial charge in [-0.05, 0) is 32.5 Å². The van der Waals surface area contributed by atoms with Crippen molar-refractivity contribution in [1.82, 2.24) is 4.90 Å². The molecule has 0 aliphatic heterocycles. The lowest BCUT2D eigenvalue weighted by Gasteiger charge is -2.19. The fraction of sp³-hybridized carbons (Fsp3) is 1.00. The fourth-order valence-electron chi connectivity index (χ4n) is 1.72. The molecule has 2 N–H and O–H groups in total. The molecule has 0 radical (unpaired) electrons. The van der Waals surface area contributed by atoms with E-state index < -0.39 is 0 Å². The van der Waals surface area contributed by atoms with Crippen molar-refractivity contribution in [2.75, 3.05) is 65.8 Å². The molecule has 5 heteroatoms. The van der Waals surface area contributed by atoms with Crippen LogP contribution < -0.4 is 5.73 Å². The van der Waals surface area contributed by atoms with Crippen LogP contribution in [0.2, 0.25) is 0 Å². The third-order valence-corrected chi connectivity index (χ3v) is 3.06. The Morgan fingerprint density at radius 2 is 1.35 bits per heavy atom. The van der Waals surface area contributed by atoms with E-state index in [9.17, 15) is 0 Å². The molecule has 0 aliphatic rings. The zero-order chi connectivity index (χ0) is 14.9. The van der Waals surface area contributed by atoms with Gasteiger partial charge in [0.1, 0.15) is 0 Å². The molecule has 0 atom stereocenters. The first-order valence-corrected chi connectivity index (χ1v) is 8.00. The number of hydrogen-bond donors (Lipinski definition) is 1. The maximum Gasteiger partial charge on any atom is 0.0701 e. The van der Waals surface area contributed by atoms with Gasteiger partial charge in [-0.3, -0.25) is 0 Å². The molecule has 0 unspecified atom stereocenters. The van der Waals surface area contributed by atoms with Gasteiger partial charge >= 0.3 is 0 Å². The van der Waals surface area contributed by atoms with Crippen molar-refractivity contribution in [3.05, 3.63) is 0 Å². The summed E-state index contributed by atoms with van der Waals surface area (Å²) >= 11 is 0. The van der Waals surface area contributed by atoms with E-state index in [1.807, 2.05) is 0 Å². The zero-order valence-corrected chi connectivity index (χ0v) is 13.4. The predicted molar refractivity (Wildman–Crippen MR) is 83.2 cm³/mol. The van der Waals surface area contributed by atoms with Crippen LogP contribution in [-0.2, 0) is 14.2 Å². The fourth-order valence-corrected chi connectivity index (χ4v) is 1.72. The van der Waals surface area contributed by atoms with Gasteiger partial charge in [-0.25, -0.2) is 0 Å². The monoisotopic (exact) mass is 290 g/mol. The lowest BCUT2D eigenvalue weighted by molar-refractivity contribution is 0.0103. The second kappa shape index (κ2) is 16.9. The molecule has 0 saturated heterocycles. The van der Waals surface area contributed by atoms with Crippen molar-refractivity contribution in [2.24, 2.45) is 5.73 Å². The van der Waals surface area contributed by atoms with Gasteiger partial charge in [0.2, 0.25) is 0 Å². The first kappa shape index (κ1) is 19.8. The maximum absolute atomic E-state index is 5.55. The summed E-state index contributed by atoms with van der Waals surface area (Å²) < 4.78 is 16.4. The maximum atomic E-state index is 5.55. The normalized spacial score (nSPS) is 11.4. The lowest BCUT2D eigenvalue weighted by Crippen LogP contribution is -2.30. The third-order valence-electron chi connectivity index (χ3n) is 3.06. The smallest absolute Gasteiger partial charge is 0.0701 e. The second-order valence-corrected chi connectivity index (χ2v) is 4.77. The lowest BCUT2D eigenvalue weighted by atomic mass is 10.4. The van der Waals surface area contributed by atoms with Crippen LogP contribution in [0, 0.1) is 0 Å². The van der Waals surface area contributed by atoms with Crippen molar-refractivity contribution >= 4 is 0 Å². The summed E-state index contributed by atoms with van der Waals surface area (Å²) in [6.45, 7) is 12.4. The van der Waals surface area contributed by atoms with Crippen LogP contribution in [-0.4, -0.2) is 70.7 Å². The number of ether oxygens (including phenoxy) is 3. The van der Waals surface area contributed by atoms with Crippen molar-refractivity contribution in [2.45, 2.75) is 33.1 Å². The van der Waals surface area contributed by atoms with Crippen LogP contribution in [0.15, 0.2) is 0 Å². The Morgan fingerprint density at radius 3 is 1.90 bits per heavy atom. The minimum absolute atomic E-state index is 0.645. The van der Waals surface area contributed by atoms with E-state index in [-0.39, 0.29) is 0 Å². The van der Waals surface area contributed by atoms with Crippen LogP contribution in [0.1, 0.15) is 33.1 Å². The largest absolute Gasteiger partial charge is 0.379 e. The summed E-state index contributed by atoms with van der Waals surface area (Å²) in [4.78, 5) is 2.36. The molecule has 0 heterocycles. The molecule has 5 nitrogen and oxygen atoms in total. The summed E-state index contributed by atoms with van der Waals surface area (Å²) in [5.41, 5.74) is 5.51. The van der Waals surface area contributed by atoms with Gasteiger partial charge in [-0.15, -0.1) is 0 Å². The molecule has 20 heavy (non-hydrogen) atoms. The first-order chi connectivity index (χ1) is 9.85. The Kier molecular flexibility index (Phi) is 16.7. The van der Waals surface area contributed by atoms with Gasteiger partial charge in [0.15, 0.2) is 0 Å². The molecular weight excluding hydrogens is 256 g/mol. The Bertz CT molecular complexity index is 183. The van der Waals surface area contributed by atoms with Crippen molar-refractivity contribution in [3.63, 3.8) is 0 Å². The van der Waals surface area contributed by atoms with Crippen molar-refractivity contribution in [3.8, 4) is 0 Å². The number of likely N-dealkylation sites (N-methyl/N-ethyl adjacent to an activating group) is 1. The average molecular weight is 290 g/mol. The standard InChI is InChI=1S/C15H34N2O3/c1-3-5-10-18-12-14-20-15-13-19-11-9-17(4-2)8-6-7-16/h3-16H2,1-2H3. The molecule has 0 aromatic carbocycles. The predicted octanol–water partition coefficient (Wildman–Crippen LogP) is 1.51. The van der Waals surface area contributed by atoms with E-state index in [1.54, 1.807) is 0 Å². The highest BCUT2D eigenvalue weighted by molar-refractivity contribution is 4.55. The van der Waals surface area contributed by atoms with Gasteiger partial charge < -0.3 is 24.8 Å². The highest BCUT2D eigenvalue weighted by Crippen LogP contribution is 1.91. The third kappa shape index (κ3) is 14.2. The van der Waals surface area contributed by atoms with E-state index in [2.05, 4.69) is 18.7 Å². The van der Waals surface area contributed by atoms with Gasteiger partial charge in [-0.2, -0.15) is 0 Å². The molecule has 122 valence electrons. The van der Waals surface area contributed by atoms with Gasteiger partial charge in [0, 0.05) is 13.2 Å². The Balaban J connectivity index is 3.15. The van der Waals surface area contributed by atoms with Crippen LogP contribution in [0.4, 0.5) is 0 Å². The molecule has 0 rings (SSSR count). The van der Waals surface area contributed by atoms with Crippen LogP contribution in [0.25, 0.3) is 0 Å². The van der Waals surface area contributed by atoms with E-state index in [1.165, 1.54) is 6.42 Å². The highest BCUT2D eigenvalue weighted by Gasteiger charge is 2.00. The number of unbranched alkanes of at least 4 members (excludes halogenated alkanes) is 1. The van der Waals surface area contributed by atoms with E-state index in [0.29, 0.717) is 26.4 Å². The van der Waals surface area contributed by atoms with Crippen molar-refractivity contribution < 1.29 is 14.2 Å². The molecule has 0 aromatic rings. The van der Waals surface area contributed by atoms with Gasteiger partial charge in [0.25, 0.3) is 0 Å². The Morgan fingerprint density at radius 1 is 0.750 bits per heavy atom. The zero-order valence-electron chi connectivity index (χ0n) is 13.4. The summed E-state index contributed by atoms with van der Waals surface area (Å²) in [7, 11) is 0.